The van der Waals surface area contributed by atoms with Gasteiger partial charge in [0.2, 0.25) is 10.0 Å². The Morgan fingerprint density at radius 3 is 2.11 bits per heavy atom. The van der Waals surface area contributed by atoms with Crippen LogP contribution >= 0.6 is 34.8 Å². The monoisotopic (exact) mass is 328 g/mol. The molecule has 0 spiro atoms. The van der Waals surface area contributed by atoms with E-state index < -0.39 is 10.0 Å². The molecule has 1 aromatic carbocycles. The number of nitrogens with one attached hydrogen (secondary N) is 1. The first kappa shape index (κ1) is 14.4. The van der Waals surface area contributed by atoms with E-state index in [0.717, 1.165) is 0 Å². The van der Waals surface area contributed by atoms with Gasteiger partial charge >= 0.3 is 0 Å². The fourth-order valence-corrected chi connectivity index (χ4v) is 4.63. The number of hydrogen-bond acceptors (Lipinski definition) is 3. The maximum atomic E-state index is 12.1. The lowest BCUT2D eigenvalue weighted by Crippen LogP contribution is -2.50. The van der Waals surface area contributed by atoms with Gasteiger partial charge in [0.1, 0.15) is 4.90 Å². The van der Waals surface area contributed by atoms with Crippen molar-refractivity contribution < 1.29 is 8.42 Å². The lowest BCUT2D eigenvalue weighted by molar-refractivity contribution is 0.327. The molecule has 0 saturated heterocycles. The number of benzene rings is 1. The van der Waals surface area contributed by atoms with E-state index in [4.69, 9.17) is 40.5 Å². The second kappa shape index (κ2) is 5.15. The molecule has 1 aliphatic rings. The summed E-state index contributed by atoms with van der Waals surface area (Å²) in [5.74, 6) is 0. The van der Waals surface area contributed by atoms with E-state index in [2.05, 4.69) is 4.72 Å². The minimum atomic E-state index is -3.75. The van der Waals surface area contributed by atoms with Crippen LogP contribution in [0.25, 0.3) is 0 Å². The molecule has 0 amide bonds. The summed E-state index contributed by atoms with van der Waals surface area (Å²) in [5, 5.41) is 0.293. The Hall–Kier alpha value is -0.0400. The highest BCUT2D eigenvalue weighted by Crippen LogP contribution is 2.33. The second-order valence-electron chi connectivity index (χ2n) is 4.25. The molecule has 1 aromatic rings. The normalized spacial score (nSPS) is 23.8. The van der Waals surface area contributed by atoms with E-state index in [1.54, 1.807) is 0 Å². The van der Waals surface area contributed by atoms with E-state index in [1.165, 1.54) is 12.1 Å². The Morgan fingerprint density at radius 1 is 1.17 bits per heavy atom. The van der Waals surface area contributed by atoms with Crippen molar-refractivity contribution in [2.75, 3.05) is 0 Å². The molecule has 3 N–H and O–H groups in total. The summed E-state index contributed by atoms with van der Waals surface area (Å²) in [7, 11) is -3.75. The molecule has 1 fully saturated rings. The highest BCUT2D eigenvalue weighted by molar-refractivity contribution is 7.89. The quantitative estimate of drug-likeness (QED) is 0.894. The van der Waals surface area contributed by atoms with Crippen LogP contribution in [0.1, 0.15) is 12.8 Å². The van der Waals surface area contributed by atoms with Crippen molar-refractivity contribution in [3.05, 3.63) is 27.2 Å². The van der Waals surface area contributed by atoms with Crippen molar-refractivity contribution in [3.8, 4) is 0 Å². The summed E-state index contributed by atoms with van der Waals surface area (Å²) in [6.07, 6.45) is 1.23. The Kier molecular flexibility index (Phi) is 4.11. The first-order valence-corrected chi connectivity index (χ1v) is 7.84. The summed E-state index contributed by atoms with van der Waals surface area (Å²) in [4.78, 5) is -0.143. The maximum absolute atomic E-state index is 12.1. The third-order valence-corrected chi connectivity index (χ3v) is 5.39. The standard InChI is InChI=1S/C10H11Cl3N2O2S/c11-5-1-8(12)10(9(13)2-5)18(16,17)15-7-3-6(14)4-7/h1-2,6-7,15H,3-4,14H2. The van der Waals surface area contributed by atoms with Gasteiger partial charge in [-0.1, -0.05) is 34.8 Å². The molecule has 100 valence electrons. The van der Waals surface area contributed by atoms with Gasteiger partial charge in [0.15, 0.2) is 0 Å². The van der Waals surface area contributed by atoms with Gasteiger partial charge in [-0.15, -0.1) is 0 Å². The number of nitrogens with two attached hydrogens (primary N) is 1. The molecule has 1 saturated carbocycles. The Labute approximate surface area is 120 Å². The highest BCUT2D eigenvalue weighted by Gasteiger charge is 2.32. The van der Waals surface area contributed by atoms with Crippen LogP contribution in [0.3, 0.4) is 0 Å². The predicted molar refractivity (Wildman–Crippen MR) is 72.8 cm³/mol. The molecule has 0 atom stereocenters. The van der Waals surface area contributed by atoms with Gasteiger partial charge in [0.25, 0.3) is 0 Å². The molecule has 1 aliphatic carbocycles. The molecule has 0 radical (unpaired) electrons. The Balaban J connectivity index is 2.30. The summed E-state index contributed by atoms with van der Waals surface area (Å²) in [6, 6.07) is 2.58. The molecule has 0 heterocycles. The van der Waals surface area contributed by atoms with Crippen LogP contribution in [0, 0.1) is 0 Å². The smallest absolute Gasteiger partial charge is 0.243 e. The van der Waals surface area contributed by atoms with Crippen LogP contribution in [-0.2, 0) is 10.0 Å². The molecule has 0 unspecified atom stereocenters. The van der Waals surface area contributed by atoms with Gasteiger partial charge in [0, 0.05) is 17.1 Å². The zero-order chi connectivity index (χ0) is 13.5. The van der Waals surface area contributed by atoms with Crippen LogP contribution in [0.4, 0.5) is 0 Å². The molecule has 4 nitrogen and oxygen atoms in total. The van der Waals surface area contributed by atoms with Gasteiger partial charge in [-0.3, -0.25) is 0 Å². The van der Waals surface area contributed by atoms with Crippen molar-refractivity contribution in [3.63, 3.8) is 0 Å². The zero-order valence-corrected chi connectivity index (χ0v) is 12.2. The second-order valence-corrected chi connectivity index (χ2v) is 7.15. The van der Waals surface area contributed by atoms with Gasteiger partial charge < -0.3 is 5.73 Å². The number of hydrogen-bond donors (Lipinski definition) is 2. The van der Waals surface area contributed by atoms with Crippen LogP contribution < -0.4 is 10.5 Å². The molecular formula is C10H11Cl3N2O2S. The average molecular weight is 330 g/mol. The number of sulfonamides is 1. The van der Waals surface area contributed by atoms with Crippen molar-refractivity contribution in [1.29, 1.82) is 0 Å². The topological polar surface area (TPSA) is 72.2 Å². The molecule has 18 heavy (non-hydrogen) atoms. The van der Waals surface area contributed by atoms with E-state index >= 15 is 0 Å². The Bertz CT molecular complexity index is 547. The number of rotatable bonds is 3. The van der Waals surface area contributed by atoms with E-state index in [0.29, 0.717) is 12.8 Å². The lowest BCUT2D eigenvalue weighted by Gasteiger charge is -2.32. The summed E-state index contributed by atoms with van der Waals surface area (Å²) >= 11 is 17.5. The fourth-order valence-electron chi connectivity index (χ4n) is 1.82. The largest absolute Gasteiger partial charge is 0.328 e. The van der Waals surface area contributed by atoms with Crippen molar-refractivity contribution >= 4 is 44.8 Å². The van der Waals surface area contributed by atoms with Gasteiger partial charge in [0.05, 0.1) is 10.0 Å². The van der Waals surface area contributed by atoms with E-state index in [9.17, 15) is 8.42 Å². The van der Waals surface area contributed by atoms with E-state index in [1.807, 2.05) is 0 Å². The summed E-state index contributed by atoms with van der Waals surface area (Å²) in [6.45, 7) is 0. The molecule has 0 bridgehead atoms. The molecule has 0 aromatic heterocycles. The molecular weight excluding hydrogens is 319 g/mol. The SMILES string of the molecule is NC1CC(NS(=O)(=O)c2c(Cl)cc(Cl)cc2Cl)C1. The first-order chi connectivity index (χ1) is 8.29. The molecule has 8 heteroatoms. The van der Waals surface area contributed by atoms with Crippen LogP contribution in [0.15, 0.2) is 17.0 Å². The van der Waals surface area contributed by atoms with Gasteiger partial charge in [-0.25, -0.2) is 13.1 Å². The lowest BCUT2D eigenvalue weighted by atomic mass is 9.89. The third kappa shape index (κ3) is 2.92. The minimum absolute atomic E-state index is 0.00335. The van der Waals surface area contributed by atoms with Crippen molar-refractivity contribution in [1.82, 2.24) is 4.72 Å². The third-order valence-electron chi connectivity index (χ3n) is 2.73. The number of halogens is 3. The Morgan fingerprint density at radius 2 is 1.67 bits per heavy atom. The fraction of sp³-hybridized carbons (Fsp3) is 0.400. The van der Waals surface area contributed by atoms with Gasteiger partial charge in [-0.2, -0.15) is 0 Å². The van der Waals surface area contributed by atoms with E-state index in [-0.39, 0.29) is 32.0 Å². The first-order valence-electron chi connectivity index (χ1n) is 5.22. The predicted octanol–water partition coefficient (Wildman–Crippen LogP) is 2.41. The van der Waals surface area contributed by atoms with Crippen molar-refractivity contribution in [2.24, 2.45) is 5.73 Å². The average Bonchev–Trinajstić information content (AvgIpc) is 2.11. The maximum Gasteiger partial charge on any atom is 0.243 e. The van der Waals surface area contributed by atoms with Crippen LogP contribution in [-0.4, -0.2) is 20.5 Å². The zero-order valence-electron chi connectivity index (χ0n) is 9.16. The summed E-state index contributed by atoms with van der Waals surface area (Å²) in [5.41, 5.74) is 5.60. The van der Waals surface area contributed by atoms with Crippen LogP contribution in [0.2, 0.25) is 15.1 Å². The van der Waals surface area contributed by atoms with Crippen molar-refractivity contribution in [2.45, 2.75) is 29.8 Å². The highest BCUT2D eigenvalue weighted by atomic mass is 35.5. The van der Waals surface area contributed by atoms with Gasteiger partial charge in [-0.05, 0) is 25.0 Å². The van der Waals surface area contributed by atoms with Crippen LogP contribution in [0.5, 0.6) is 0 Å². The molecule has 0 aliphatic heterocycles. The minimum Gasteiger partial charge on any atom is -0.328 e. The molecule has 2 rings (SSSR count). The summed E-state index contributed by atoms with van der Waals surface area (Å²) < 4.78 is 26.8.